The standard InChI is InChI=1S/C20H16NSe/c1-3-8-16(9-4-1)19-13-7-10-17-14-21(15-22-20(17)19)18-11-5-2-6-12-18/h1-14H,15H2/q+1. The Kier molecular flexibility index (Phi) is 3.64. The number of hydrogen-bond acceptors (Lipinski definition) is 0. The van der Waals surface area contributed by atoms with Gasteiger partial charge in [0.25, 0.3) is 0 Å². The van der Waals surface area contributed by atoms with E-state index in [1.54, 1.807) is 0 Å². The first-order chi connectivity index (χ1) is 10.9. The summed E-state index contributed by atoms with van der Waals surface area (Å²) in [5, 5.41) is 0. The van der Waals surface area contributed by atoms with Gasteiger partial charge in [-0.05, 0) is 0 Å². The second-order valence-electron chi connectivity index (χ2n) is 5.30. The van der Waals surface area contributed by atoms with E-state index < -0.39 is 0 Å². The van der Waals surface area contributed by atoms with Crippen molar-refractivity contribution >= 4 is 31.3 Å². The summed E-state index contributed by atoms with van der Waals surface area (Å²) in [6.45, 7) is 0. The normalized spacial score (nSPS) is 13.4. The van der Waals surface area contributed by atoms with Crippen LogP contribution < -0.4 is 4.46 Å². The molecule has 1 aliphatic rings. The van der Waals surface area contributed by atoms with Crippen LogP contribution in [0.2, 0.25) is 0 Å². The minimum atomic E-state index is 0.451. The number of para-hydroxylation sites is 1. The molecule has 0 unspecified atom stereocenters. The SMILES string of the molecule is C1=[N+](c2ccccc2)C[Se]c2c1cccc2-c1ccccc1. The third-order valence-corrected chi connectivity index (χ3v) is 6.28. The third kappa shape index (κ3) is 2.52. The molecule has 3 aromatic rings. The average Bonchev–Trinajstić information content (AvgIpc) is 2.62. The second kappa shape index (κ2) is 5.92. The summed E-state index contributed by atoms with van der Waals surface area (Å²) in [7, 11) is 0. The van der Waals surface area contributed by atoms with Crippen molar-refractivity contribution in [3.8, 4) is 11.1 Å². The van der Waals surface area contributed by atoms with E-state index >= 15 is 0 Å². The molecular formula is C20H16NSe+. The van der Waals surface area contributed by atoms with Gasteiger partial charge in [-0.3, -0.25) is 0 Å². The molecule has 0 saturated carbocycles. The summed E-state index contributed by atoms with van der Waals surface area (Å²) >= 11 is 0.451. The number of hydrogen-bond donors (Lipinski definition) is 0. The van der Waals surface area contributed by atoms with Crippen LogP contribution in [0.15, 0.2) is 78.9 Å². The molecule has 106 valence electrons. The van der Waals surface area contributed by atoms with Gasteiger partial charge in [0.2, 0.25) is 0 Å². The number of rotatable bonds is 2. The average molecular weight is 349 g/mol. The van der Waals surface area contributed by atoms with Gasteiger partial charge < -0.3 is 0 Å². The Morgan fingerprint density at radius 3 is 2.23 bits per heavy atom. The van der Waals surface area contributed by atoms with Crippen LogP contribution >= 0.6 is 0 Å². The Hall–Kier alpha value is -2.15. The fourth-order valence-corrected chi connectivity index (χ4v) is 5.12. The Labute approximate surface area is 137 Å². The molecule has 2 heteroatoms. The van der Waals surface area contributed by atoms with E-state index in [-0.39, 0.29) is 0 Å². The first-order valence-electron chi connectivity index (χ1n) is 7.39. The summed E-state index contributed by atoms with van der Waals surface area (Å²) in [5.74, 6) is 0. The summed E-state index contributed by atoms with van der Waals surface area (Å²) in [6, 6.07) is 28.0. The Morgan fingerprint density at radius 2 is 1.45 bits per heavy atom. The molecule has 1 nitrogen and oxygen atoms in total. The van der Waals surface area contributed by atoms with Crippen molar-refractivity contribution in [2.75, 3.05) is 5.44 Å². The number of benzene rings is 3. The Bertz CT molecular complexity index is 823. The summed E-state index contributed by atoms with van der Waals surface area (Å²) in [4.78, 5) is 0. The van der Waals surface area contributed by atoms with Crippen LogP contribution in [0.25, 0.3) is 11.1 Å². The molecule has 0 atom stereocenters. The number of fused-ring (bicyclic) bond motifs is 1. The van der Waals surface area contributed by atoms with Crippen LogP contribution in [-0.4, -0.2) is 31.2 Å². The van der Waals surface area contributed by atoms with E-state index in [1.165, 1.54) is 26.8 Å². The maximum atomic E-state index is 2.37. The van der Waals surface area contributed by atoms with Gasteiger partial charge in [-0.25, -0.2) is 0 Å². The van der Waals surface area contributed by atoms with Crippen LogP contribution in [0, 0.1) is 0 Å². The molecule has 1 aliphatic heterocycles. The van der Waals surface area contributed by atoms with Gasteiger partial charge >= 0.3 is 137 Å². The molecule has 1 heterocycles. The van der Waals surface area contributed by atoms with E-state index in [1.807, 2.05) is 0 Å². The minimum absolute atomic E-state index is 0.451. The van der Waals surface area contributed by atoms with Crippen molar-refractivity contribution in [3.05, 3.63) is 84.4 Å². The van der Waals surface area contributed by atoms with E-state index in [0.29, 0.717) is 15.0 Å². The van der Waals surface area contributed by atoms with E-state index in [0.717, 1.165) is 5.44 Å². The van der Waals surface area contributed by atoms with Crippen LogP contribution in [-0.2, 0) is 0 Å². The molecule has 0 N–H and O–H groups in total. The zero-order valence-corrected chi connectivity index (χ0v) is 13.9. The topological polar surface area (TPSA) is 3.01 Å². The van der Waals surface area contributed by atoms with Gasteiger partial charge in [-0.1, -0.05) is 0 Å². The fraction of sp³-hybridized carbons (Fsp3) is 0.0500. The summed E-state index contributed by atoms with van der Waals surface area (Å²) in [6.07, 6.45) is 2.29. The maximum absolute atomic E-state index is 2.37. The molecule has 0 saturated heterocycles. The van der Waals surface area contributed by atoms with Crippen molar-refractivity contribution in [3.63, 3.8) is 0 Å². The van der Waals surface area contributed by atoms with E-state index in [2.05, 4.69) is 89.7 Å². The van der Waals surface area contributed by atoms with Gasteiger partial charge in [0.15, 0.2) is 0 Å². The molecule has 0 aromatic heterocycles. The zero-order valence-electron chi connectivity index (χ0n) is 12.1. The summed E-state index contributed by atoms with van der Waals surface area (Å²) in [5.41, 5.74) is 6.44. The molecule has 3 aromatic carbocycles. The molecule has 0 fully saturated rings. The Morgan fingerprint density at radius 1 is 0.727 bits per heavy atom. The van der Waals surface area contributed by atoms with Crippen molar-refractivity contribution in [1.82, 2.24) is 0 Å². The van der Waals surface area contributed by atoms with Crippen LogP contribution in [0.4, 0.5) is 5.69 Å². The van der Waals surface area contributed by atoms with Crippen molar-refractivity contribution in [2.45, 2.75) is 0 Å². The van der Waals surface area contributed by atoms with Gasteiger partial charge in [0, 0.05) is 0 Å². The van der Waals surface area contributed by atoms with Crippen molar-refractivity contribution in [2.24, 2.45) is 0 Å². The van der Waals surface area contributed by atoms with Crippen molar-refractivity contribution < 1.29 is 4.58 Å². The molecule has 0 radical (unpaired) electrons. The first kappa shape index (κ1) is 13.5. The fourth-order valence-electron chi connectivity index (χ4n) is 2.77. The predicted octanol–water partition coefficient (Wildman–Crippen LogP) is 3.42. The predicted molar refractivity (Wildman–Crippen MR) is 93.7 cm³/mol. The molecule has 22 heavy (non-hydrogen) atoms. The van der Waals surface area contributed by atoms with Gasteiger partial charge in [0.1, 0.15) is 0 Å². The monoisotopic (exact) mass is 350 g/mol. The third-order valence-electron chi connectivity index (χ3n) is 3.86. The first-order valence-corrected chi connectivity index (χ1v) is 9.46. The van der Waals surface area contributed by atoms with E-state index in [4.69, 9.17) is 0 Å². The van der Waals surface area contributed by atoms with Gasteiger partial charge in [-0.15, -0.1) is 0 Å². The van der Waals surface area contributed by atoms with Crippen LogP contribution in [0.5, 0.6) is 0 Å². The Balaban J connectivity index is 1.80. The number of nitrogens with zero attached hydrogens (tertiary/aromatic N) is 1. The molecule has 0 bridgehead atoms. The van der Waals surface area contributed by atoms with Gasteiger partial charge in [0.05, 0.1) is 0 Å². The molecule has 4 rings (SSSR count). The zero-order chi connectivity index (χ0) is 14.8. The molecule has 0 amide bonds. The van der Waals surface area contributed by atoms with Crippen LogP contribution in [0.1, 0.15) is 5.56 Å². The molecular weight excluding hydrogens is 333 g/mol. The summed E-state index contributed by atoms with van der Waals surface area (Å²) < 4.78 is 3.89. The van der Waals surface area contributed by atoms with E-state index in [9.17, 15) is 0 Å². The second-order valence-corrected chi connectivity index (χ2v) is 7.30. The van der Waals surface area contributed by atoms with Crippen LogP contribution in [0.3, 0.4) is 0 Å². The quantitative estimate of drug-likeness (QED) is 0.493. The van der Waals surface area contributed by atoms with Crippen molar-refractivity contribution in [1.29, 1.82) is 0 Å². The molecule has 0 spiro atoms. The van der Waals surface area contributed by atoms with Gasteiger partial charge in [-0.2, -0.15) is 0 Å². The molecule has 0 aliphatic carbocycles.